The molecule has 0 bridgehead atoms. The summed E-state index contributed by atoms with van der Waals surface area (Å²) >= 11 is 1.05. The number of rotatable bonds is 5. The molecule has 0 heterocycles. The molecule has 0 radical (unpaired) electrons. The van der Waals surface area contributed by atoms with Crippen LogP contribution in [-0.4, -0.2) is 28.3 Å². The predicted molar refractivity (Wildman–Crippen MR) is 61.3 cm³/mol. The number of carbonyl (C=O) groups excluding carboxylic acids is 2. The minimum Gasteiger partial charge on any atom is -0.382 e. The van der Waals surface area contributed by atoms with Crippen LogP contribution in [0, 0.1) is 0 Å². The lowest BCUT2D eigenvalue weighted by molar-refractivity contribution is -0.122. The lowest BCUT2D eigenvalue weighted by Crippen LogP contribution is -2.45. The summed E-state index contributed by atoms with van der Waals surface area (Å²) in [5.74, 6) is -0.347. The first-order valence-corrected chi connectivity index (χ1v) is 5.50. The monoisotopic (exact) mass is 231 g/mol. The molecule has 5 heteroatoms. The Hall–Kier alpha value is -0.810. The fourth-order valence-electron chi connectivity index (χ4n) is 0.820. The summed E-state index contributed by atoms with van der Waals surface area (Å²) in [6, 6.07) is 0. The molecule has 2 N–H and O–H groups in total. The molecule has 0 aliphatic carbocycles. The third-order valence-corrected chi connectivity index (χ3v) is 2.53. The smallest absolute Gasteiger partial charge is 0.258 e. The van der Waals surface area contributed by atoms with Crippen LogP contribution in [0.4, 0.5) is 0 Å². The van der Waals surface area contributed by atoms with Crippen LogP contribution in [-0.2, 0) is 9.59 Å². The zero-order valence-electron chi connectivity index (χ0n) is 9.40. The summed E-state index contributed by atoms with van der Waals surface area (Å²) < 4.78 is 0. The summed E-state index contributed by atoms with van der Waals surface area (Å²) in [4.78, 5) is 22.6. The second kappa shape index (κ2) is 5.92. The Morgan fingerprint density at radius 1 is 1.53 bits per heavy atom. The van der Waals surface area contributed by atoms with Gasteiger partial charge in [0.25, 0.3) is 5.91 Å². The van der Waals surface area contributed by atoms with Crippen LogP contribution in [0.2, 0.25) is 0 Å². The van der Waals surface area contributed by atoms with Crippen molar-refractivity contribution in [2.75, 3.05) is 0 Å². The van der Waals surface area contributed by atoms with Gasteiger partial charge in [-0.3, -0.25) is 4.79 Å². The van der Waals surface area contributed by atoms with Gasteiger partial charge in [-0.25, -0.2) is 0 Å². The van der Waals surface area contributed by atoms with E-state index in [4.69, 9.17) is 5.11 Å². The Bertz CT molecular complexity index is 272. The molecule has 0 aliphatic rings. The summed E-state index contributed by atoms with van der Waals surface area (Å²) in [6.45, 7) is 6.50. The number of aliphatic hydroxyl groups excluding tert-OH is 1. The summed E-state index contributed by atoms with van der Waals surface area (Å²) in [6.07, 6.45) is 2.28. The summed E-state index contributed by atoms with van der Waals surface area (Å²) in [7, 11) is 0. The summed E-state index contributed by atoms with van der Waals surface area (Å²) in [5, 5.41) is 11.7. The normalized spacial score (nSPS) is 14.6. The van der Waals surface area contributed by atoms with Gasteiger partial charge in [-0.05, 0) is 27.7 Å². The topological polar surface area (TPSA) is 66.4 Å². The van der Waals surface area contributed by atoms with E-state index in [1.54, 1.807) is 33.8 Å². The number of thioether (sulfide) groups is 1. The van der Waals surface area contributed by atoms with Crippen molar-refractivity contribution in [3.05, 3.63) is 11.0 Å². The average molecular weight is 231 g/mol. The van der Waals surface area contributed by atoms with Crippen LogP contribution in [0.3, 0.4) is 0 Å². The van der Waals surface area contributed by atoms with Crippen LogP contribution < -0.4 is 5.32 Å². The third-order valence-electron chi connectivity index (χ3n) is 1.51. The molecule has 0 aromatic carbocycles. The van der Waals surface area contributed by atoms with Crippen molar-refractivity contribution in [1.82, 2.24) is 5.32 Å². The zero-order chi connectivity index (χ0) is 12.1. The Balaban J connectivity index is 4.49. The van der Waals surface area contributed by atoms with Gasteiger partial charge in [-0.15, -0.1) is 0 Å². The molecule has 0 saturated carbocycles. The fraction of sp³-hybridized carbons (Fsp3) is 0.600. The fourth-order valence-corrected chi connectivity index (χ4v) is 1.48. The molecule has 86 valence electrons. The maximum atomic E-state index is 11.6. The quantitative estimate of drug-likeness (QED) is 0.422. The van der Waals surface area contributed by atoms with Gasteiger partial charge in [0, 0.05) is 0 Å². The first kappa shape index (κ1) is 14.2. The van der Waals surface area contributed by atoms with E-state index in [2.05, 4.69) is 5.32 Å². The molecule has 0 rings (SSSR count). The Labute approximate surface area is 94.1 Å². The van der Waals surface area contributed by atoms with Crippen molar-refractivity contribution in [1.29, 1.82) is 0 Å². The highest BCUT2D eigenvalue weighted by Crippen LogP contribution is 2.20. The molecule has 1 amide bonds. The van der Waals surface area contributed by atoms with Crippen molar-refractivity contribution < 1.29 is 14.7 Å². The first-order valence-electron chi connectivity index (χ1n) is 4.62. The number of allylic oxidation sites excluding steroid dienone is 1. The number of hydrogen-bond donors (Lipinski definition) is 2. The standard InChI is InChI=1S/C10H17NO3S/c1-5-8(15-7(2)13)9(14)11-10(3,4)6-12/h5-7,13H,1-4H3,(H,11,14)/b8-5-. The van der Waals surface area contributed by atoms with Gasteiger partial charge in [0.1, 0.15) is 11.7 Å². The van der Waals surface area contributed by atoms with Crippen molar-refractivity contribution in [3.8, 4) is 0 Å². The molecule has 0 aromatic rings. The first-order chi connectivity index (χ1) is 6.82. The zero-order valence-corrected chi connectivity index (χ0v) is 10.2. The SMILES string of the molecule is C/C=C(\SC(C)O)C(=O)NC(C)(C)C=O. The molecule has 1 atom stereocenters. The second-order valence-corrected chi connectivity index (χ2v) is 5.02. The average Bonchev–Trinajstić information content (AvgIpc) is 2.13. The third kappa shape index (κ3) is 5.59. The van der Waals surface area contributed by atoms with Crippen molar-refractivity contribution in [3.63, 3.8) is 0 Å². The highest BCUT2D eigenvalue weighted by atomic mass is 32.2. The van der Waals surface area contributed by atoms with Gasteiger partial charge in [0.15, 0.2) is 0 Å². The van der Waals surface area contributed by atoms with Crippen molar-refractivity contribution in [2.45, 2.75) is 38.7 Å². The number of aliphatic hydroxyl groups is 1. The van der Waals surface area contributed by atoms with E-state index in [0.717, 1.165) is 11.8 Å². The van der Waals surface area contributed by atoms with Crippen LogP contribution in [0.5, 0.6) is 0 Å². The second-order valence-electron chi connectivity index (χ2n) is 3.66. The lowest BCUT2D eigenvalue weighted by Gasteiger charge is -2.20. The number of carbonyl (C=O) groups is 2. The van der Waals surface area contributed by atoms with E-state index < -0.39 is 11.0 Å². The van der Waals surface area contributed by atoms with Crippen LogP contribution >= 0.6 is 11.8 Å². The molecule has 0 fully saturated rings. The Kier molecular flexibility index (Phi) is 5.60. The predicted octanol–water partition coefficient (Wildman–Crippen LogP) is 1.06. The number of amides is 1. The molecule has 15 heavy (non-hydrogen) atoms. The molecular formula is C10H17NO3S. The van der Waals surface area contributed by atoms with Gasteiger partial charge in [0.05, 0.1) is 10.4 Å². The van der Waals surface area contributed by atoms with E-state index in [1.165, 1.54) is 0 Å². The maximum Gasteiger partial charge on any atom is 0.258 e. The Morgan fingerprint density at radius 3 is 2.40 bits per heavy atom. The van der Waals surface area contributed by atoms with E-state index >= 15 is 0 Å². The molecular weight excluding hydrogens is 214 g/mol. The molecule has 0 aliphatic heterocycles. The van der Waals surface area contributed by atoms with Gasteiger partial charge in [-0.1, -0.05) is 17.8 Å². The number of hydrogen-bond acceptors (Lipinski definition) is 4. The highest BCUT2D eigenvalue weighted by molar-refractivity contribution is 8.04. The summed E-state index contributed by atoms with van der Waals surface area (Å²) in [5.41, 5.74) is -1.54. The lowest BCUT2D eigenvalue weighted by atomic mass is 10.1. The van der Waals surface area contributed by atoms with Gasteiger partial charge in [-0.2, -0.15) is 0 Å². The van der Waals surface area contributed by atoms with Crippen LogP contribution in [0.25, 0.3) is 0 Å². The molecule has 1 unspecified atom stereocenters. The van der Waals surface area contributed by atoms with Gasteiger partial charge >= 0.3 is 0 Å². The molecule has 0 saturated heterocycles. The van der Waals surface area contributed by atoms with E-state index in [-0.39, 0.29) is 5.91 Å². The van der Waals surface area contributed by atoms with Gasteiger partial charge < -0.3 is 15.2 Å². The number of nitrogens with one attached hydrogen (secondary N) is 1. The minimum absolute atomic E-state index is 0.347. The largest absolute Gasteiger partial charge is 0.382 e. The molecule has 4 nitrogen and oxygen atoms in total. The highest BCUT2D eigenvalue weighted by Gasteiger charge is 2.21. The molecule has 0 aromatic heterocycles. The van der Waals surface area contributed by atoms with Crippen molar-refractivity contribution >= 4 is 24.0 Å². The van der Waals surface area contributed by atoms with E-state index in [9.17, 15) is 9.59 Å². The van der Waals surface area contributed by atoms with Crippen molar-refractivity contribution in [2.24, 2.45) is 0 Å². The Morgan fingerprint density at radius 2 is 2.07 bits per heavy atom. The van der Waals surface area contributed by atoms with Gasteiger partial charge in [0.2, 0.25) is 0 Å². The minimum atomic E-state index is -0.884. The maximum absolute atomic E-state index is 11.6. The van der Waals surface area contributed by atoms with Crippen LogP contribution in [0.1, 0.15) is 27.7 Å². The van der Waals surface area contributed by atoms with E-state index in [0.29, 0.717) is 11.2 Å². The number of aldehydes is 1. The van der Waals surface area contributed by atoms with E-state index in [1.807, 2.05) is 0 Å². The molecule has 0 spiro atoms. The van der Waals surface area contributed by atoms with Crippen LogP contribution in [0.15, 0.2) is 11.0 Å².